The highest BCUT2D eigenvalue weighted by Crippen LogP contribution is 2.13. The lowest BCUT2D eigenvalue weighted by atomic mass is 10.1. The van der Waals surface area contributed by atoms with Gasteiger partial charge in [0, 0.05) is 16.7 Å². The normalized spacial score (nSPS) is 11.4. The standard InChI is InChI=1S/C24H27N3O5/c1-4-24(2,3)32-23(30)25-16-20(22(29)27-31)26-21(28)19-14-12-18(13-15-19)11-10-17-8-6-5-7-9-17/h5-9,12-15,20,31H,4,16H2,1-3H3,(H,25,30)(H,26,28)(H,27,29)/t20-/m0/s1. The van der Waals surface area contributed by atoms with Crippen LogP contribution in [0.3, 0.4) is 0 Å². The third kappa shape index (κ3) is 7.78. The molecule has 0 aliphatic carbocycles. The molecule has 2 rings (SSSR count). The van der Waals surface area contributed by atoms with Crippen molar-refractivity contribution in [1.82, 2.24) is 16.1 Å². The van der Waals surface area contributed by atoms with Crippen LogP contribution in [0, 0.1) is 11.8 Å². The highest BCUT2D eigenvalue weighted by molar-refractivity contribution is 5.97. The Labute approximate surface area is 187 Å². The Morgan fingerprint density at radius 1 is 1.00 bits per heavy atom. The number of rotatable bonds is 7. The minimum absolute atomic E-state index is 0.266. The second-order valence-electron chi connectivity index (χ2n) is 7.58. The summed E-state index contributed by atoms with van der Waals surface area (Å²) in [6.45, 7) is 5.10. The molecule has 3 amide bonds. The molecule has 0 saturated carbocycles. The predicted octanol–water partition coefficient (Wildman–Crippen LogP) is 2.60. The molecule has 0 heterocycles. The van der Waals surface area contributed by atoms with Crippen molar-refractivity contribution in [3.8, 4) is 11.8 Å². The van der Waals surface area contributed by atoms with E-state index in [0.717, 1.165) is 11.1 Å². The molecule has 0 aliphatic rings. The van der Waals surface area contributed by atoms with E-state index in [1.165, 1.54) is 5.48 Å². The summed E-state index contributed by atoms with van der Waals surface area (Å²) >= 11 is 0. The molecule has 0 bridgehead atoms. The molecule has 2 aromatic rings. The van der Waals surface area contributed by atoms with E-state index < -0.39 is 29.6 Å². The van der Waals surface area contributed by atoms with E-state index in [0.29, 0.717) is 12.0 Å². The van der Waals surface area contributed by atoms with Crippen molar-refractivity contribution < 1.29 is 24.3 Å². The zero-order valence-corrected chi connectivity index (χ0v) is 18.3. The molecule has 0 radical (unpaired) electrons. The van der Waals surface area contributed by atoms with Crippen LogP contribution >= 0.6 is 0 Å². The lowest BCUT2D eigenvalue weighted by Gasteiger charge is -2.24. The van der Waals surface area contributed by atoms with Crippen molar-refractivity contribution in [3.05, 3.63) is 71.3 Å². The minimum atomic E-state index is -1.21. The van der Waals surface area contributed by atoms with Crippen LogP contribution in [0.4, 0.5) is 4.79 Å². The largest absolute Gasteiger partial charge is 0.444 e. The Bertz CT molecular complexity index is 992. The molecule has 0 saturated heterocycles. The maximum absolute atomic E-state index is 12.5. The number of carbonyl (C=O) groups excluding carboxylic acids is 3. The molecule has 0 unspecified atom stereocenters. The van der Waals surface area contributed by atoms with E-state index in [1.54, 1.807) is 38.1 Å². The van der Waals surface area contributed by atoms with Crippen LogP contribution < -0.4 is 16.1 Å². The molecule has 0 aromatic heterocycles. The van der Waals surface area contributed by atoms with Gasteiger partial charge < -0.3 is 15.4 Å². The Kier molecular flexibility index (Phi) is 8.81. The number of carbonyl (C=O) groups is 3. The maximum Gasteiger partial charge on any atom is 0.407 e. The van der Waals surface area contributed by atoms with Gasteiger partial charge >= 0.3 is 6.09 Å². The molecule has 1 atom stereocenters. The third-order valence-electron chi connectivity index (χ3n) is 4.68. The number of hydrogen-bond donors (Lipinski definition) is 4. The van der Waals surface area contributed by atoms with Gasteiger partial charge in [0.15, 0.2) is 0 Å². The van der Waals surface area contributed by atoms with Crippen molar-refractivity contribution in [2.75, 3.05) is 6.54 Å². The molecule has 8 nitrogen and oxygen atoms in total. The lowest BCUT2D eigenvalue weighted by molar-refractivity contribution is -0.131. The lowest BCUT2D eigenvalue weighted by Crippen LogP contribution is -2.52. The van der Waals surface area contributed by atoms with Gasteiger partial charge in [0.1, 0.15) is 11.6 Å². The third-order valence-corrected chi connectivity index (χ3v) is 4.68. The van der Waals surface area contributed by atoms with E-state index in [9.17, 15) is 14.4 Å². The Morgan fingerprint density at radius 2 is 1.59 bits per heavy atom. The molecule has 4 N–H and O–H groups in total. The molecular weight excluding hydrogens is 410 g/mol. The van der Waals surface area contributed by atoms with Crippen LogP contribution in [0.25, 0.3) is 0 Å². The van der Waals surface area contributed by atoms with Crippen LogP contribution in [-0.4, -0.2) is 41.3 Å². The quantitative estimate of drug-likeness (QED) is 0.302. The van der Waals surface area contributed by atoms with E-state index in [-0.39, 0.29) is 6.54 Å². The second kappa shape index (κ2) is 11.5. The van der Waals surface area contributed by atoms with Crippen LogP contribution in [0.15, 0.2) is 54.6 Å². The first kappa shape index (κ1) is 24.4. The van der Waals surface area contributed by atoms with E-state index in [1.807, 2.05) is 37.3 Å². The molecule has 0 aliphatic heterocycles. The molecule has 0 fully saturated rings. The summed E-state index contributed by atoms with van der Waals surface area (Å²) in [5, 5.41) is 13.9. The Morgan fingerprint density at radius 3 is 2.16 bits per heavy atom. The molecule has 168 valence electrons. The fourth-order valence-corrected chi connectivity index (χ4v) is 2.44. The highest BCUT2D eigenvalue weighted by Gasteiger charge is 2.24. The number of ether oxygens (including phenoxy) is 1. The summed E-state index contributed by atoms with van der Waals surface area (Å²) in [6.07, 6.45) is -0.133. The van der Waals surface area contributed by atoms with Crippen molar-refractivity contribution in [2.24, 2.45) is 0 Å². The number of amides is 3. The van der Waals surface area contributed by atoms with Crippen molar-refractivity contribution in [3.63, 3.8) is 0 Å². The Hall–Kier alpha value is -3.83. The number of hydroxylamine groups is 1. The van der Waals surface area contributed by atoms with Gasteiger partial charge in [0.05, 0.1) is 6.54 Å². The number of nitrogens with one attached hydrogen (secondary N) is 3. The summed E-state index contributed by atoms with van der Waals surface area (Å²) in [5.74, 6) is 4.61. The topological polar surface area (TPSA) is 117 Å². The van der Waals surface area contributed by atoms with Gasteiger partial charge in [-0.2, -0.15) is 0 Å². The summed E-state index contributed by atoms with van der Waals surface area (Å²) in [4.78, 5) is 36.4. The van der Waals surface area contributed by atoms with Crippen LogP contribution in [0.5, 0.6) is 0 Å². The summed E-state index contributed by atoms with van der Waals surface area (Å²) in [6, 6.07) is 14.8. The van der Waals surface area contributed by atoms with E-state index in [4.69, 9.17) is 9.94 Å². The average molecular weight is 437 g/mol. The van der Waals surface area contributed by atoms with Gasteiger partial charge in [-0.05, 0) is 56.7 Å². The summed E-state index contributed by atoms with van der Waals surface area (Å²) in [7, 11) is 0. The van der Waals surface area contributed by atoms with Crippen LogP contribution in [0.1, 0.15) is 48.7 Å². The SMILES string of the molecule is CCC(C)(C)OC(=O)NC[C@H](NC(=O)c1ccc(C#Cc2ccccc2)cc1)C(=O)NO. The predicted molar refractivity (Wildman–Crippen MR) is 119 cm³/mol. The van der Waals surface area contributed by atoms with Gasteiger partial charge in [0.25, 0.3) is 11.8 Å². The number of hydrogen-bond acceptors (Lipinski definition) is 5. The summed E-state index contributed by atoms with van der Waals surface area (Å²) in [5.41, 5.74) is 2.70. The number of alkyl carbamates (subject to hydrolysis) is 1. The van der Waals surface area contributed by atoms with Crippen molar-refractivity contribution >= 4 is 17.9 Å². The number of benzene rings is 2. The molecular formula is C24H27N3O5. The molecule has 2 aromatic carbocycles. The Balaban J connectivity index is 1.99. The van der Waals surface area contributed by atoms with Gasteiger partial charge in [0.2, 0.25) is 0 Å². The highest BCUT2D eigenvalue weighted by atomic mass is 16.6. The fourth-order valence-electron chi connectivity index (χ4n) is 2.44. The maximum atomic E-state index is 12.5. The molecule has 0 spiro atoms. The first-order valence-corrected chi connectivity index (χ1v) is 10.1. The second-order valence-corrected chi connectivity index (χ2v) is 7.58. The van der Waals surface area contributed by atoms with Crippen molar-refractivity contribution in [1.29, 1.82) is 0 Å². The molecule has 8 heteroatoms. The van der Waals surface area contributed by atoms with Gasteiger partial charge in [-0.3, -0.25) is 14.8 Å². The monoisotopic (exact) mass is 437 g/mol. The molecule has 32 heavy (non-hydrogen) atoms. The van der Waals surface area contributed by atoms with Crippen LogP contribution in [0.2, 0.25) is 0 Å². The zero-order valence-electron chi connectivity index (χ0n) is 18.3. The van der Waals surface area contributed by atoms with Crippen LogP contribution in [-0.2, 0) is 9.53 Å². The fraction of sp³-hybridized carbons (Fsp3) is 0.292. The van der Waals surface area contributed by atoms with Crippen molar-refractivity contribution in [2.45, 2.75) is 38.8 Å². The average Bonchev–Trinajstić information content (AvgIpc) is 2.80. The van der Waals surface area contributed by atoms with E-state index >= 15 is 0 Å². The van der Waals surface area contributed by atoms with Gasteiger partial charge in [-0.25, -0.2) is 10.3 Å². The first-order chi connectivity index (χ1) is 15.2. The van der Waals surface area contributed by atoms with E-state index in [2.05, 4.69) is 22.5 Å². The summed E-state index contributed by atoms with van der Waals surface area (Å²) < 4.78 is 5.24. The van der Waals surface area contributed by atoms with Gasteiger partial charge in [-0.1, -0.05) is 37.0 Å². The first-order valence-electron chi connectivity index (χ1n) is 10.1. The smallest absolute Gasteiger partial charge is 0.407 e. The zero-order chi connectivity index (χ0) is 23.6. The van der Waals surface area contributed by atoms with Gasteiger partial charge in [-0.15, -0.1) is 0 Å². The minimum Gasteiger partial charge on any atom is -0.444 e.